The van der Waals surface area contributed by atoms with Crippen LogP contribution < -0.4 is 16.4 Å². The molecular weight excluding hydrogens is 922 g/mol. The van der Waals surface area contributed by atoms with Gasteiger partial charge in [0.15, 0.2) is 0 Å². The highest BCUT2D eigenvalue weighted by Crippen LogP contribution is 2.19. The topological polar surface area (TPSA) is 199 Å². The van der Waals surface area contributed by atoms with Gasteiger partial charge in [-0.3, -0.25) is 29.5 Å². The molecule has 368 valence electrons. The average Bonchev–Trinajstić information content (AvgIpc) is 3.37. The van der Waals surface area contributed by atoms with Gasteiger partial charge in [0.2, 0.25) is 0 Å². The van der Waals surface area contributed by atoms with Gasteiger partial charge in [0, 0.05) is 40.4 Å². The Bertz CT molecular complexity index is 2810. The van der Waals surface area contributed by atoms with Gasteiger partial charge in [0.05, 0.1) is 68.9 Å². The quantitative estimate of drug-likeness (QED) is 0.120. The van der Waals surface area contributed by atoms with Crippen LogP contribution in [0.5, 0.6) is 0 Å². The fraction of sp³-hybridized carbons (Fsp3) is 0.182. The second-order valence-corrected chi connectivity index (χ2v) is 13.7. The molecular formula is C55H65Cl2N9O4. The summed E-state index contributed by atoms with van der Waals surface area (Å²) in [4.78, 5) is 58.7. The number of hydrogen-bond acceptors (Lipinski definition) is 10. The van der Waals surface area contributed by atoms with Crippen molar-refractivity contribution < 1.29 is 19.5 Å². The molecule has 9 rings (SSSR count). The number of para-hydroxylation sites is 3. The predicted octanol–water partition coefficient (Wildman–Crippen LogP) is 15.0. The highest BCUT2D eigenvalue weighted by atomic mass is 35.5. The third-order valence-corrected chi connectivity index (χ3v) is 8.89. The van der Waals surface area contributed by atoms with E-state index in [-0.39, 0.29) is 39.7 Å². The number of nitrogen functional groups attached to an aromatic ring is 1. The van der Waals surface area contributed by atoms with Crippen LogP contribution >= 0.6 is 23.2 Å². The normalized spacial score (nSPS) is 9.16. The lowest BCUT2D eigenvalue weighted by molar-refractivity contribution is 0.0696. The summed E-state index contributed by atoms with van der Waals surface area (Å²) in [5.41, 5.74) is 12.4. The van der Waals surface area contributed by atoms with E-state index in [1.54, 1.807) is 43.0 Å². The first kappa shape index (κ1) is 62.1. The van der Waals surface area contributed by atoms with E-state index >= 15 is 0 Å². The number of aryl methyl sites for hydroxylation is 1. The molecule has 0 aliphatic heterocycles. The molecule has 2 amide bonds. The summed E-state index contributed by atoms with van der Waals surface area (Å²) in [6.45, 7) is 13.9. The highest BCUT2D eigenvalue weighted by molar-refractivity contribution is 6.29. The van der Waals surface area contributed by atoms with Crippen LogP contribution in [0, 0.1) is 6.92 Å². The molecule has 0 bridgehead atoms. The van der Waals surface area contributed by atoms with Crippen molar-refractivity contribution >= 4 is 90.8 Å². The van der Waals surface area contributed by atoms with Crippen LogP contribution in [-0.4, -0.2) is 52.8 Å². The first-order chi connectivity index (χ1) is 32.5. The number of nitrogens with two attached hydrogens (primary N) is 1. The Balaban J connectivity index is 0.000000893. The minimum absolute atomic E-state index is 0. The summed E-state index contributed by atoms with van der Waals surface area (Å²) < 4.78 is 0. The molecule has 0 fully saturated rings. The van der Waals surface area contributed by atoms with Gasteiger partial charge in [0.1, 0.15) is 10.3 Å². The van der Waals surface area contributed by atoms with Gasteiger partial charge in [0.25, 0.3) is 11.8 Å². The predicted molar refractivity (Wildman–Crippen MR) is 294 cm³/mol. The van der Waals surface area contributed by atoms with Crippen molar-refractivity contribution in [2.24, 2.45) is 0 Å². The molecule has 0 aliphatic carbocycles. The Morgan fingerprint density at radius 3 is 1.19 bits per heavy atom. The van der Waals surface area contributed by atoms with Crippen LogP contribution in [-0.2, 0) is 0 Å². The van der Waals surface area contributed by atoms with E-state index in [0.29, 0.717) is 38.5 Å². The van der Waals surface area contributed by atoms with E-state index in [4.69, 9.17) is 34.0 Å². The molecule has 0 atom stereocenters. The Labute approximate surface area is 422 Å². The zero-order valence-corrected chi connectivity index (χ0v) is 39.8. The van der Waals surface area contributed by atoms with Crippen molar-refractivity contribution in [2.75, 3.05) is 16.4 Å². The van der Waals surface area contributed by atoms with Crippen molar-refractivity contribution in [3.8, 4) is 0 Å². The molecule has 0 aliphatic rings. The van der Waals surface area contributed by atoms with Crippen LogP contribution in [0.25, 0.3) is 32.7 Å². The Morgan fingerprint density at radius 2 is 0.814 bits per heavy atom. The van der Waals surface area contributed by atoms with Gasteiger partial charge in [-0.1, -0.05) is 142 Å². The van der Waals surface area contributed by atoms with Gasteiger partial charge < -0.3 is 21.5 Å². The maximum Gasteiger partial charge on any atom is 0.337 e. The molecule has 3 aromatic carbocycles. The fourth-order valence-corrected chi connectivity index (χ4v) is 5.61. The maximum absolute atomic E-state index is 12.1. The second-order valence-electron chi connectivity index (χ2n) is 12.9. The number of benzene rings is 3. The number of carboxylic acid groups (broad SMARTS) is 1. The lowest BCUT2D eigenvalue weighted by Gasteiger charge is -2.06. The SMILES string of the molecule is C.C.C.CC.CC.CC.Cc1ccc(C(=O)Nc2cnc3ccccc3c2)cn1.Nc1cnc2ccccc2c1.O=C(Nc1cnc2ccccc2c1)c1ccc(Cl)nc1.O=C(O)c1ccc(Cl)nc1. The van der Waals surface area contributed by atoms with E-state index in [1.165, 1.54) is 24.5 Å². The number of pyridine rings is 6. The van der Waals surface area contributed by atoms with Crippen molar-refractivity contribution in [2.45, 2.75) is 70.7 Å². The number of aromatic carboxylic acids is 1. The van der Waals surface area contributed by atoms with Gasteiger partial charge in [-0.25, -0.2) is 14.8 Å². The number of anilines is 3. The van der Waals surface area contributed by atoms with E-state index in [9.17, 15) is 14.4 Å². The van der Waals surface area contributed by atoms with E-state index in [0.717, 1.165) is 38.4 Å². The van der Waals surface area contributed by atoms with Crippen LogP contribution in [0.1, 0.15) is 101 Å². The number of halogens is 2. The minimum atomic E-state index is -0.996. The van der Waals surface area contributed by atoms with E-state index < -0.39 is 5.97 Å². The Morgan fingerprint density at radius 1 is 0.457 bits per heavy atom. The molecule has 5 N–H and O–H groups in total. The van der Waals surface area contributed by atoms with Crippen LogP contribution in [0.15, 0.2) is 165 Å². The van der Waals surface area contributed by atoms with Crippen molar-refractivity contribution in [1.82, 2.24) is 29.9 Å². The second kappa shape index (κ2) is 33.6. The molecule has 0 radical (unpaired) electrons. The molecule has 13 nitrogen and oxygen atoms in total. The highest BCUT2D eigenvalue weighted by Gasteiger charge is 2.09. The van der Waals surface area contributed by atoms with Gasteiger partial charge in [-0.2, -0.15) is 0 Å². The molecule has 9 aromatic rings. The maximum atomic E-state index is 12.1. The van der Waals surface area contributed by atoms with Crippen LogP contribution in [0.2, 0.25) is 10.3 Å². The summed E-state index contributed by atoms with van der Waals surface area (Å²) in [6, 6.07) is 38.7. The van der Waals surface area contributed by atoms with Gasteiger partial charge in [-0.15, -0.1) is 0 Å². The van der Waals surface area contributed by atoms with Crippen molar-refractivity contribution in [1.29, 1.82) is 0 Å². The first-order valence-electron chi connectivity index (χ1n) is 21.3. The number of rotatable bonds is 5. The molecule has 0 saturated heterocycles. The molecule has 6 aromatic heterocycles. The molecule has 70 heavy (non-hydrogen) atoms. The summed E-state index contributed by atoms with van der Waals surface area (Å²) in [7, 11) is 0. The largest absolute Gasteiger partial charge is 0.478 e. The number of nitrogens with zero attached hydrogens (tertiary/aromatic N) is 6. The number of aromatic nitrogens is 6. The standard InChI is InChI=1S/C16H13N3O.C15H10ClN3O.C9H8N2.C6H4ClNO2.3C2H6.3CH4/c1-11-6-7-13(9-17-11)16(20)19-14-8-12-4-2-3-5-15(12)18-10-14;16-14-6-5-11(8-18-14)15(20)19-12-7-10-3-1-2-4-13(10)17-9-12;10-8-5-7-3-1-2-4-9(7)11-6-8;7-5-2-1-4(3-8-5)6(9)10;3*1-2;;;/h2-10H,1H3,(H,19,20);1-9H,(H,19,20);1-6H,10H2;1-3H,(H,9,10);3*1-2H3;3*1H4. The van der Waals surface area contributed by atoms with Crippen molar-refractivity contribution in [3.05, 3.63) is 197 Å². The fourth-order valence-electron chi connectivity index (χ4n) is 5.39. The third-order valence-electron chi connectivity index (χ3n) is 8.45. The number of carbonyl (C=O) groups excluding carboxylic acids is 2. The van der Waals surface area contributed by atoms with Gasteiger partial charge in [-0.05, 0) is 79.7 Å². The lowest BCUT2D eigenvalue weighted by Crippen LogP contribution is -2.12. The summed E-state index contributed by atoms with van der Waals surface area (Å²) in [5, 5.41) is 17.7. The van der Waals surface area contributed by atoms with E-state index in [1.807, 2.05) is 146 Å². The summed E-state index contributed by atoms with van der Waals surface area (Å²) in [6.07, 6.45) is 9.17. The van der Waals surface area contributed by atoms with Crippen molar-refractivity contribution in [3.63, 3.8) is 0 Å². The summed E-state index contributed by atoms with van der Waals surface area (Å²) >= 11 is 11.1. The van der Waals surface area contributed by atoms with Gasteiger partial charge >= 0.3 is 5.97 Å². The number of carboxylic acids is 1. The zero-order valence-electron chi connectivity index (χ0n) is 38.3. The number of nitrogens with one attached hydrogen (secondary N) is 2. The smallest absolute Gasteiger partial charge is 0.337 e. The summed E-state index contributed by atoms with van der Waals surface area (Å²) in [5.74, 6) is -1.43. The van der Waals surface area contributed by atoms with Crippen LogP contribution in [0.4, 0.5) is 17.1 Å². The molecule has 0 spiro atoms. The third kappa shape index (κ3) is 20.2. The van der Waals surface area contributed by atoms with E-state index in [2.05, 4.69) is 40.5 Å². The number of carbonyl (C=O) groups is 3. The minimum Gasteiger partial charge on any atom is -0.478 e. The van der Waals surface area contributed by atoms with Crippen LogP contribution in [0.3, 0.4) is 0 Å². The average molecular weight is 987 g/mol. The molecule has 0 unspecified atom stereocenters. The Kier molecular flexibility index (Phi) is 29.8. The molecule has 6 heterocycles. The number of hydrogen-bond donors (Lipinski definition) is 4. The Hall–Kier alpha value is -7.87. The first-order valence-corrected chi connectivity index (χ1v) is 22.1. The number of fused-ring (bicyclic) bond motifs is 3. The molecule has 0 saturated carbocycles. The lowest BCUT2D eigenvalue weighted by atomic mass is 10.2. The number of amides is 2. The molecule has 15 heteroatoms. The zero-order chi connectivity index (χ0) is 49.1. The monoisotopic (exact) mass is 985 g/mol.